The van der Waals surface area contributed by atoms with Crippen molar-refractivity contribution in [2.24, 2.45) is 5.73 Å². The van der Waals surface area contributed by atoms with Crippen molar-refractivity contribution in [2.45, 2.75) is 32.2 Å². The number of nitrogens with two attached hydrogens (primary N) is 1. The molecule has 3 N–H and O–H groups in total. The smallest absolute Gasteiger partial charge is 0.211 e. The molecular weight excluding hydrogens is 480 g/mol. The van der Waals surface area contributed by atoms with Crippen LogP contribution in [0.2, 0.25) is 0 Å². The Kier molecular flexibility index (Phi) is 9.63. The van der Waals surface area contributed by atoms with Gasteiger partial charge in [-0.3, -0.25) is 0 Å². The van der Waals surface area contributed by atoms with Crippen molar-refractivity contribution in [3.05, 3.63) is 65.6 Å². The average Bonchev–Trinajstić information content (AvgIpc) is 2.87. The van der Waals surface area contributed by atoms with E-state index in [1.54, 1.807) is 18.3 Å². The van der Waals surface area contributed by atoms with Gasteiger partial charge in [0.15, 0.2) is 11.5 Å². The molecule has 0 bridgehead atoms. The number of nitrogens with zero attached hydrogens (tertiary/aromatic N) is 3. The third kappa shape index (κ3) is 7.39. The molecule has 10 heteroatoms. The largest absolute Gasteiger partial charge is 0.502 e. The molecule has 0 spiro atoms. The maximum Gasteiger partial charge on any atom is 0.211 e. The number of phenolic OH excluding ortho intramolecular Hbond substituents is 1. The quantitative estimate of drug-likeness (QED) is 0.356. The predicted octanol–water partition coefficient (Wildman–Crippen LogP) is 3.15. The Morgan fingerprint density at radius 2 is 1.72 bits per heavy atom. The van der Waals surface area contributed by atoms with Gasteiger partial charge in [-0.1, -0.05) is 18.2 Å². The molecule has 1 aromatic heterocycles. The summed E-state index contributed by atoms with van der Waals surface area (Å²) in [6.07, 6.45) is 5.76. The lowest BCUT2D eigenvalue weighted by Gasteiger charge is -2.20. The highest BCUT2D eigenvalue weighted by Crippen LogP contribution is 2.37. The SMILES string of the molecule is COc1cc(CCCc2nccc(-c3cccc(CN(CCCN)S(C)(=O)=O)c3)n2)cc(OC)c1O. The summed E-state index contributed by atoms with van der Waals surface area (Å²) in [7, 11) is -0.331. The molecule has 0 atom stereocenters. The van der Waals surface area contributed by atoms with Crippen molar-refractivity contribution in [1.29, 1.82) is 0 Å². The van der Waals surface area contributed by atoms with Crippen molar-refractivity contribution in [3.63, 3.8) is 0 Å². The fraction of sp³-hybridized carbons (Fsp3) is 0.385. The highest BCUT2D eigenvalue weighted by molar-refractivity contribution is 7.88. The van der Waals surface area contributed by atoms with Crippen molar-refractivity contribution < 1.29 is 23.0 Å². The zero-order chi connectivity index (χ0) is 26.1. The number of aromatic nitrogens is 2. The zero-order valence-corrected chi connectivity index (χ0v) is 21.8. The van der Waals surface area contributed by atoms with E-state index in [9.17, 15) is 13.5 Å². The lowest BCUT2D eigenvalue weighted by Crippen LogP contribution is -2.31. The van der Waals surface area contributed by atoms with Gasteiger partial charge in [0.25, 0.3) is 0 Å². The van der Waals surface area contributed by atoms with Gasteiger partial charge in [0.1, 0.15) is 5.82 Å². The normalized spacial score (nSPS) is 11.6. The van der Waals surface area contributed by atoms with E-state index in [0.29, 0.717) is 37.4 Å². The summed E-state index contributed by atoms with van der Waals surface area (Å²) in [5, 5.41) is 10.1. The van der Waals surface area contributed by atoms with Crippen molar-refractivity contribution in [1.82, 2.24) is 14.3 Å². The molecule has 2 aromatic carbocycles. The van der Waals surface area contributed by atoms with Gasteiger partial charge in [-0.2, -0.15) is 4.31 Å². The average molecular weight is 515 g/mol. The highest BCUT2D eigenvalue weighted by Gasteiger charge is 2.17. The predicted molar refractivity (Wildman–Crippen MR) is 140 cm³/mol. The number of hydrogen-bond acceptors (Lipinski definition) is 8. The standard InChI is InChI=1S/C26H34N4O5S/c1-34-23-16-19(17-24(35-2)26(23)31)7-5-10-25-28-13-11-22(29-25)21-9-4-8-20(15-21)18-30(14-6-12-27)36(3,32)33/h4,8-9,11,13,15-17,31H,5-7,10,12,14,18,27H2,1-3H3. The maximum absolute atomic E-state index is 12.2. The first kappa shape index (κ1) is 27.4. The van der Waals surface area contributed by atoms with Crippen LogP contribution in [-0.2, 0) is 29.4 Å². The zero-order valence-electron chi connectivity index (χ0n) is 21.0. The summed E-state index contributed by atoms with van der Waals surface area (Å²) in [6, 6.07) is 13.2. The number of rotatable bonds is 13. The summed E-state index contributed by atoms with van der Waals surface area (Å²) >= 11 is 0. The molecule has 36 heavy (non-hydrogen) atoms. The van der Waals surface area contributed by atoms with E-state index in [4.69, 9.17) is 20.2 Å². The number of ether oxygens (including phenoxy) is 2. The summed E-state index contributed by atoms with van der Waals surface area (Å²) in [5.41, 5.74) is 9.11. The van der Waals surface area contributed by atoms with Gasteiger partial charge >= 0.3 is 0 Å². The highest BCUT2D eigenvalue weighted by atomic mass is 32.2. The van der Waals surface area contributed by atoms with E-state index >= 15 is 0 Å². The van der Waals surface area contributed by atoms with Crippen LogP contribution in [0.3, 0.4) is 0 Å². The topological polar surface area (TPSA) is 128 Å². The lowest BCUT2D eigenvalue weighted by atomic mass is 10.1. The van der Waals surface area contributed by atoms with Gasteiger partial charge in [-0.25, -0.2) is 18.4 Å². The van der Waals surface area contributed by atoms with Crippen LogP contribution in [0.15, 0.2) is 48.7 Å². The van der Waals surface area contributed by atoms with E-state index in [-0.39, 0.29) is 12.3 Å². The van der Waals surface area contributed by atoms with Crippen LogP contribution in [0, 0.1) is 0 Å². The van der Waals surface area contributed by atoms with Crippen LogP contribution in [0.4, 0.5) is 0 Å². The van der Waals surface area contributed by atoms with Crippen molar-refractivity contribution >= 4 is 10.0 Å². The molecule has 0 aliphatic carbocycles. The van der Waals surface area contributed by atoms with Crippen LogP contribution in [-0.4, -0.2) is 61.4 Å². The number of sulfonamides is 1. The van der Waals surface area contributed by atoms with Crippen LogP contribution < -0.4 is 15.2 Å². The van der Waals surface area contributed by atoms with E-state index in [1.165, 1.54) is 24.8 Å². The summed E-state index contributed by atoms with van der Waals surface area (Å²) in [6.45, 7) is 1.10. The molecule has 194 valence electrons. The minimum atomic E-state index is -3.34. The fourth-order valence-corrected chi connectivity index (χ4v) is 4.73. The second-order valence-electron chi connectivity index (χ2n) is 8.50. The summed E-state index contributed by atoms with van der Waals surface area (Å²) in [5.74, 6) is 1.46. The fourth-order valence-electron chi connectivity index (χ4n) is 3.89. The number of benzene rings is 2. The Hall–Kier alpha value is -3.21. The second kappa shape index (κ2) is 12.7. The Morgan fingerprint density at radius 3 is 2.36 bits per heavy atom. The van der Waals surface area contributed by atoms with Gasteiger partial charge in [-0.15, -0.1) is 0 Å². The molecular formula is C26H34N4O5S. The van der Waals surface area contributed by atoms with Gasteiger partial charge in [0.2, 0.25) is 15.8 Å². The van der Waals surface area contributed by atoms with Crippen LogP contribution in [0.25, 0.3) is 11.3 Å². The minimum Gasteiger partial charge on any atom is -0.502 e. The molecule has 9 nitrogen and oxygen atoms in total. The first-order valence-corrected chi connectivity index (χ1v) is 13.6. The molecule has 3 rings (SSSR count). The Labute approximate surface area is 213 Å². The first-order chi connectivity index (χ1) is 17.2. The molecule has 1 heterocycles. The molecule has 3 aromatic rings. The lowest BCUT2D eigenvalue weighted by molar-refractivity contribution is 0.339. The molecule has 0 amide bonds. The summed E-state index contributed by atoms with van der Waals surface area (Å²) < 4.78 is 36.2. The van der Waals surface area contributed by atoms with Gasteiger partial charge in [0, 0.05) is 31.3 Å². The minimum absolute atomic E-state index is 0.0129. The second-order valence-corrected chi connectivity index (χ2v) is 10.5. The van der Waals surface area contributed by atoms with E-state index in [0.717, 1.165) is 41.1 Å². The Bertz CT molecular complexity index is 1240. The number of hydrogen-bond donors (Lipinski definition) is 2. The monoisotopic (exact) mass is 514 g/mol. The summed E-state index contributed by atoms with van der Waals surface area (Å²) in [4.78, 5) is 9.14. The molecule has 0 saturated carbocycles. The van der Waals surface area contributed by atoms with Crippen molar-refractivity contribution in [3.8, 4) is 28.5 Å². The number of aryl methyl sites for hydroxylation is 2. The van der Waals surface area contributed by atoms with Gasteiger partial charge in [0.05, 0.1) is 26.2 Å². The van der Waals surface area contributed by atoms with Crippen molar-refractivity contribution in [2.75, 3.05) is 33.6 Å². The molecule has 0 unspecified atom stereocenters. The van der Waals surface area contributed by atoms with E-state index in [1.807, 2.05) is 30.3 Å². The van der Waals surface area contributed by atoms with E-state index < -0.39 is 10.0 Å². The molecule has 0 fully saturated rings. The Balaban J connectivity index is 1.70. The molecule has 0 aliphatic heterocycles. The number of phenols is 1. The molecule has 0 radical (unpaired) electrons. The third-order valence-electron chi connectivity index (χ3n) is 5.77. The van der Waals surface area contributed by atoms with Crippen LogP contribution in [0.5, 0.6) is 17.2 Å². The number of aromatic hydroxyl groups is 1. The Morgan fingerprint density at radius 1 is 1.00 bits per heavy atom. The maximum atomic E-state index is 12.2. The molecule has 0 aliphatic rings. The van der Waals surface area contributed by atoms with E-state index in [2.05, 4.69) is 4.98 Å². The van der Waals surface area contributed by atoms with Gasteiger partial charge < -0.3 is 20.3 Å². The molecule has 0 saturated heterocycles. The van der Waals surface area contributed by atoms with Gasteiger partial charge in [-0.05, 0) is 61.2 Å². The first-order valence-electron chi connectivity index (χ1n) is 11.8. The van der Waals surface area contributed by atoms with Crippen LogP contribution in [0.1, 0.15) is 29.8 Å². The third-order valence-corrected chi connectivity index (χ3v) is 7.02. The number of methoxy groups -OCH3 is 2. The van der Waals surface area contributed by atoms with Crippen LogP contribution >= 0.6 is 0 Å².